The molecule has 0 fully saturated rings. The van der Waals surface area contributed by atoms with Crippen molar-refractivity contribution < 1.29 is 4.42 Å². The molecule has 1 aromatic heterocycles. The van der Waals surface area contributed by atoms with E-state index in [9.17, 15) is 0 Å². The Bertz CT molecular complexity index is 3630. The number of hydrogen-bond acceptors (Lipinski definition) is 1. The summed E-state index contributed by atoms with van der Waals surface area (Å²) in [4.78, 5) is 0. The normalized spacial score (nSPS) is 14.5. The van der Waals surface area contributed by atoms with Gasteiger partial charge in [0.15, 0.2) is 0 Å². The molecule has 0 atom stereocenters. The summed E-state index contributed by atoms with van der Waals surface area (Å²) in [6.07, 6.45) is 0. The minimum Gasteiger partial charge on any atom is -0.456 e. The van der Waals surface area contributed by atoms with Gasteiger partial charge in [0.2, 0.25) is 0 Å². The smallest absolute Gasteiger partial charge is 0.136 e. The van der Waals surface area contributed by atoms with Gasteiger partial charge in [0.25, 0.3) is 0 Å². The van der Waals surface area contributed by atoms with Gasteiger partial charge in [-0.25, -0.2) is 0 Å². The first-order valence-corrected chi connectivity index (χ1v) is 21.6. The molecule has 10 aromatic carbocycles. The Balaban J connectivity index is 0.947. The molecule has 2 aliphatic rings. The molecule has 1 heterocycles. The molecule has 0 aliphatic heterocycles. The predicted octanol–water partition coefficient (Wildman–Crippen LogP) is 16.7. The zero-order valence-electron chi connectivity index (χ0n) is 34.7. The molecule has 61 heavy (non-hydrogen) atoms. The third-order valence-corrected chi connectivity index (χ3v) is 14.4. The zero-order valence-corrected chi connectivity index (χ0v) is 34.7. The van der Waals surface area contributed by atoms with Gasteiger partial charge in [-0.3, -0.25) is 0 Å². The summed E-state index contributed by atoms with van der Waals surface area (Å²) >= 11 is 0. The summed E-state index contributed by atoms with van der Waals surface area (Å²) in [7, 11) is 0. The first-order valence-electron chi connectivity index (χ1n) is 21.6. The van der Waals surface area contributed by atoms with Crippen LogP contribution in [0.2, 0.25) is 0 Å². The van der Waals surface area contributed by atoms with E-state index in [1.807, 2.05) is 0 Å². The van der Waals surface area contributed by atoms with E-state index in [2.05, 4.69) is 210 Å². The average molecular weight is 779 g/mol. The van der Waals surface area contributed by atoms with E-state index in [0.717, 1.165) is 11.2 Å². The van der Waals surface area contributed by atoms with E-state index in [4.69, 9.17) is 4.42 Å². The molecule has 0 saturated heterocycles. The first-order chi connectivity index (χ1) is 29.8. The SMILES string of the molecule is CC1(C)c2ccc(-c3c4ccccc4c(-c4ccccc4)c4ccccc34)cc2-c2ccc(-c3ccc4c(c3)-c3cc5c(ccc6oc7ccccc7c65)cc3C4(C)C)cc21. The van der Waals surface area contributed by atoms with E-state index in [1.165, 1.54) is 121 Å². The van der Waals surface area contributed by atoms with Crippen LogP contribution in [-0.2, 0) is 10.8 Å². The van der Waals surface area contributed by atoms with Crippen molar-refractivity contribution >= 4 is 54.3 Å². The summed E-state index contributed by atoms with van der Waals surface area (Å²) in [5.41, 5.74) is 20.1. The van der Waals surface area contributed by atoms with Crippen molar-refractivity contribution in [1.29, 1.82) is 0 Å². The van der Waals surface area contributed by atoms with E-state index >= 15 is 0 Å². The predicted molar refractivity (Wildman–Crippen MR) is 258 cm³/mol. The highest BCUT2D eigenvalue weighted by Gasteiger charge is 2.38. The van der Waals surface area contributed by atoms with Crippen molar-refractivity contribution in [1.82, 2.24) is 0 Å². The number of rotatable bonds is 3. The van der Waals surface area contributed by atoms with Crippen LogP contribution in [0.5, 0.6) is 0 Å². The summed E-state index contributed by atoms with van der Waals surface area (Å²) in [5.74, 6) is 0. The van der Waals surface area contributed by atoms with E-state index in [1.54, 1.807) is 0 Å². The molecule has 1 heteroatoms. The quantitative estimate of drug-likeness (QED) is 0.163. The van der Waals surface area contributed by atoms with Crippen molar-refractivity contribution in [3.05, 3.63) is 204 Å². The van der Waals surface area contributed by atoms with Gasteiger partial charge in [0.05, 0.1) is 0 Å². The maximum absolute atomic E-state index is 6.33. The Morgan fingerprint density at radius 3 is 1.51 bits per heavy atom. The highest BCUT2D eigenvalue weighted by Crippen LogP contribution is 2.54. The lowest BCUT2D eigenvalue weighted by molar-refractivity contribution is 0.660. The van der Waals surface area contributed by atoms with Crippen molar-refractivity contribution in [2.24, 2.45) is 0 Å². The van der Waals surface area contributed by atoms with Gasteiger partial charge in [-0.15, -0.1) is 0 Å². The Morgan fingerprint density at radius 1 is 0.311 bits per heavy atom. The number of para-hydroxylation sites is 1. The second-order valence-corrected chi connectivity index (χ2v) is 18.4. The Morgan fingerprint density at radius 2 is 0.820 bits per heavy atom. The summed E-state index contributed by atoms with van der Waals surface area (Å²) < 4.78 is 6.33. The first kappa shape index (κ1) is 34.6. The van der Waals surface area contributed by atoms with Crippen LogP contribution in [0.3, 0.4) is 0 Å². The lowest BCUT2D eigenvalue weighted by Gasteiger charge is -2.23. The number of fused-ring (bicyclic) bond motifs is 13. The molecule has 0 saturated carbocycles. The fourth-order valence-corrected chi connectivity index (χ4v) is 11.4. The Labute approximate surface area is 355 Å². The Kier molecular flexibility index (Phi) is 6.91. The molecular formula is C60H42O. The minimum atomic E-state index is -0.149. The third kappa shape index (κ3) is 4.72. The van der Waals surface area contributed by atoms with Crippen molar-refractivity contribution in [2.45, 2.75) is 38.5 Å². The summed E-state index contributed by atoms with van der Waals surface area (Å²) in [5, 5.41) is 10.0. The highest BCUT2D eigenvalue weighted by molar-refractivity contribution is 6.22. The molecule has 0 bridgehead atoms. The van der Waals surface area contributed by atoms with Crippen molar-refractivity contribution in [3.63, 3.8) is 0 Å². The van der Waals surface area contributed by atoms with Gasteiger partial charge in [-0.1, -0.05) is 167 Å². The maximum atomic E-state index is 6.33. The van der Waals surface area contributed by atoms with Crippen molar-refractivity contribution in [2.75, 3.05) is 0 Å². The van der Waals surface area contributed by atoms with Crippen LogP contribution >= 0.6 is 0 Å². The van der Waals surface area contributed by atoms with Crippen LogP contribution in [0, 0.1) is 0 Å². The second kappa shape index (κ2) is 12.2. The molecule has 1 nitrogen and oxygen atoms in total. The second-order valence-electron chi connectivity index (χ2n) is 18.4. The van der Waals surface area contributed by atoms with Gasteiger partial charge in [-0.2, -0.15) is 0 Å². The monoisotopic (exact) mass is 778 g/mol. The van der Waals surface area contributed by atoms with E-state index in [0.29, 0.717) is 0 Å². The van der Waals surface area contributed by atoms with Gasteiger partial charge in [0, 0.05) is 21.6 Å². The largest absolute Gasteiger partial charge is 0.456 e. The molecule has 0 amide bonds. The molecule has 11 aromatic rings. The topological polar surface area (TPSA) is 13.1 Å². The molecule has 2 aliphatic carbocycles. The number of hydrogen-bond donors (Lipinski definition) is 0. The maximum Gasteiger partial charge on any atom is 0.136 e. The molecule has 0 radical (unpaired) electrons. The third-order valence-electron chi connectivity index (χ3n) is 14.4. The molecule has 0 N–H and O–H groups in total. The number of benzene rings is 10. The summed E-state index contributed by atoms with van der Waals surface area (Å²) in [6, 6.07) is 68.0. The summed E-state index contributed by atoms with van der Waals surface area (Å²) in [6.45, 7) is 9.55. The van der Waals surface area contributed by atoms with E-state index in [-0.39, 0.29) is 10.8 Å². The molecular weight excluding hydrogens is 737 g/mol. The fraction of sp³-hybridized carbons (Fsp3) is 0.100. The van der Waals surface area contributed by atoms with Gasteiger partial charge in [0.1, 0.15) is 11.2 Å². The molecule has 0 unspecified atom stereocenters. The van der Waals surface area contributed by atoms with Gasteiger partial charge in [-0.05, 0) is 153 Å². The standard InChI is InChI=1S/C60H42O/c1-59(2)50-28-24-39(57-43-18-10-8-16-41(43)56(35-14-6-5-7-15-35)42-17-9-11-19-44(42)57)31-47(50)40-26-22-37(32-52(40)59)36-23-27-51-48(30-36)49-34-46-38(33-53(49)60(51,3)4)25-29-55-58(46)45-20-12-13-21-54(45)61-55/h5-34H,1-4H3. The Hall–Kier alpha value is -7.22. The lowest BCUT2D eigenvalue weighted by atomic mass is 9.80. The lowest BCUT2D eigenvalue weighted by Crippen LogP contribution is -2.15. The average Bonchev–Trinajstić information content (AvgIpc) is 3.86. The fourth-order valence-electron chi connectivity index (χ4n) is 11.4. The van der Waals surface area contributed by atoms with Crippen LogP contribution in [0.25, 0.3) is 110 Å². The molecule has 288 valence electrons. The van der Waals surface area contributed by atoms with Crippen LogP contribution in [0.15, 0.2) is 186 Å². The van der Waals surface area contributed by atoms with Crippen LogP contribution < -0.4 is 0 Å². The molecule has 13 rings (SSSR count). The van der Waals surface area contributed by atoms with Crippen LogP contribution in [0.1, 0.15) is 49.9 Å². The van der Waals surface area contributed by atoms with Crippen LogP contribution in [0.4, 0.5) is 0 Å². The van der Waals surface area contributed by atoms with E-state index < -0.39 is 0 Å². The van der Waals surface area contributed by atoms with Crippen LogP contribution in [-0.4, -0.2) is 0 Å². The highest BCUT2D eigenvalue weighted by atomic mass is 16.3. The molecule has 0 spiro atoms. The number of furan rings is 1. The van der Waals surface area contributed by atoms with Crippen molar-refractivity contribution in [3.8, 4) is 55.6 Å². The van der Waals surface area contributed by atoms with Gasteiger partial charge < -0.3 is 4.42 Å². The van der Waals surface area contributed by atoms with Gasteiger partial charge >= 0.3 is 0 Å². The minimum absolute atomic E-state index is 0.109. The zero-order chi connectivity index (χ0) is 40.8.